The molecule has 2 N–H and O–H groups in total. The van der Waals surface area contributed by atoms with Crippen LogP contribution in [-0.2, 0) is 19.1 Å². The number of halogens is 1. The normalized spacial score (nSPS) is 31.1. The summed E-state index contributed by atoms with van der Waals surface area (Å²) in [5, 5.41) is 21.3. The van der Waals surface area contributed by atoms with Gasteiger partial charge in [0.25, 0.3) is 0 Å². The molecule has 0 saturated heterocycles. The Morgan fingerprint density at radius 3 is 2.60 bits per heavy atom. The molecule has 1 aromatic heterocycles. The van der Waals surface area contributed by atoms with Crippen LogP contribution in [0.15, 0.2) is 34.5 Å². The van der Waals surface area contributed by atoms with E-state index in [1.165, 1.54) is 19.9 Å². The summed E-state index contributed by atoms with van der Waals surface area (Å²) >= 11 is 0. The molecule has 1 aliphatic heterocycles. The van der Waals surface area contributed by atoms with Crippen LogP contribution in [0.4, 0.5) is 4.39 Å². The molecule has 0 bridgehead atoms. The number of esters is 1. The number of aliphatic hydroxyl groups excluding tert-OH is 2. The Balaban J connectivity index is 1.91. The quantitative estimate of drug-likeness (QED) is 0.572. The molecule has 1 aliphatic rings. The molecular weight excluding hydrogens is 457 g/mol. The number of cyclic esters (lactones) is 1. The Morgan fingerprint density at radius 1 is 1.17 bits per heavy atom. The van der Waals surface area contributed by atoms with E-state index in [0.717, 1.165) is 0 Å². The van der Waals surface area contributed by atoms with Crippen LogP contribution in [-0.4, -0.2) is 51.9 Å². The number of Topliss-reactive ketones (excluding diaryl/α,β-unsaturated/α-hetero) is 1. The molecule has 0 radical (unpaired) electrons. The number of hydrogen-bond donors (Lipinski definition) is 2. The van der Waals surface area contributed by atoms with Crippen molar-refractivity contribution in [3.05, 3.63) is 41.6 Å². The summed E-state index contributed by atoms with van der Waals surface area (Å²) in [6.07, 6.45) is -3.16. The van der Waals surface area contributed by atoms with Crippen LogP contribution in [0.25, 0.3) is 11.1 Å². The maximum absolute atomic E-state index is 14.5. The van der Waals surface area contributed by atoms with Crippen molar-refractivity contribution in [3.63, 3.8) is 0 Å². The SMILES string of the molecule is Cc1nc2cc([C@@H]3C/C=C(/F)CCO[C@@H](C)[C@@H](O)[C@@H](C)C(=O)C(C)(C)[C@@H](O)CC(=O)O3)ccc2o1. The molecule has 0 aliphatic carbocycles. The van der Waals surface area contributed by atoms with Crippen molar-refractivity contribution in [2.24, 2.45) is 11.3 Å². The van der Waals surface area contributed by atoms with Gasteiger partial charge >= 0.3 is 5.97 Å². The van der Waals surface area contributed by atoms with E-state index in [4.69, 9.17) is 13.9 Å². The molecule has 1 aromatic carbocycles. The third-order valence-corrected chi connectivity index (χ3v) is 6.67. The van der Waals surface area contributed by atoms with Gasteiger partial charge in [0.05, 0.1) is 42.6 Å². The number of nitrogens with zero attached hydrogens (tertiary/aromatic N) is 1. The van der Waals surface area contributed by atoms with Gasteiger partial charge in [-0.2, -0.15) is 0 Å². The number of oxazole rings is 1. The topological polar surface area (TPSA) is 119 Å². The van der Waals surface area contributed by atoms with Crippen molar-refractivity contribution in [3.8, 4) is 0 Å². The number of hydrogen-bond acceptors (Lipinski definition) is 8. The standard InChI is InChI=1S/C26H34FNO7/c1-14-24(31)15(2)33-11-10-18(27)7-9-20(17-6-8-21-19(12-17)28-16(3)34-21)35-23(30)13-22(29)26(4,5)25(14)32/h6-8,12,14-15,20,22,24,29,31H,9-11,13H2,1-5H3/b18-7+/t14-,15+,20+,22+,24+/m1/s1. The third kappa shape index (κ3) is 6.34. The first-order chi connectivity index (χ1) is 16.4. The predicted molar refractivity (Wildman–Crippen MR) is 126 cm³/mol. The van der Waals surface area contributed by atoms with E-state index in [1.54, 1.807) is 39.0 Å². The minimum absolute atomic E-state index is 0.00210. The molecule has 0 fully saturated rings. The average Bonchev–Trinajstić information content (AvgIpc) is 3.18. The van der Waals surface area contributed by atoms with Gasteiger partial charge in [-0.1, -0.05) is 26.8 Å². The van der Waals surface area contributed by atoms with Crippen LogP contribution in [0.3, 0.4) is 0 Å². The summed E-state index contributed by atoms with van der Waals surface area (Å²) in [6, 6.07) is 5.13. The summed E-state index contributed by atoms with van der Waals surface area (Å²) < 4.78 is 31.2. The lowest BCUT2D eigenvalue weighted by molar-refractivity contribution is -0.156. The van der Waals surface area contributed by atoms with Gasteiger partial charge in [-0.3, -0.25) is 9.59 Å². The lowest BCUT2D eigenvalue weighted by Gasteiger charge is -2.34. The minimum atomic E-state index is -1.35. The highest BCUT2D eigenvalue weighted by Crippen LogP contribution is 2.32. The zero-order valence-corrected chi connectivity index (χ0v) is 20.8. The lowest BCUT2D eigenvalue weighted by Crippen LogP contribution is -2.47. The average molecular weight is 492 g/mol. The molecule has 2 heterocycles. The van der Waals surface area contributed by atoms with E-state index in [0.29, 0.717) is 22.6 Å². The van der Waals surface area contributed by atoms with Crippen LogP contribution in [0.1, 0.15) is 64.5 Å². The number of ether oxygens (including phenoxy) is 2. The molecular formula is C26H34FNO7. The fourth-order valence-electron chi connectivity index (χ4n) is 4.22. The number of carbonyl (C=O) groups excluding carboxylic acids is 2. The highest BCUT2D eigenvalue weighted by Gasteiger charge is 2.42. The second-order valence-electron chi connectivity index (χ2n) is 9.74. The lowest BCUT2D eigenvalue weighted by atomic mass is 9.74. The van der Waals surface area contributed by atoms with E-state index < -0.39 is 59.7 Å². The van der Waals surface area contributed by atoms with Gasteiger partial charge < -0.3 is 24.1 Å². The van der Waals surface area contributed by atoms with Crippen molar-refractivity contribution in [2.75, 3.05) is 6.61 Å². The molecule has 2 aromatic rings. The maximum Gasteiger partial charge on any atom is 0.309 e. The summed E-state index contributed by atoms with van der Waals surface area (Å²) in [7, 11) is 0. The van der Waals surface area contributed by atoms with Crippen LogP contribution in [0.5, 0.6) is 0 Å². The first-order valence-electron chi connectivity index (χ1n) is 11.8. The molecule has 9 heteroatoms. The van der Waals surface area contributed by atoms with Crippen molar-refractivity contribution < 1.29 is 38.1 Å². The number of aromatic nitrogens is 1. The zero-order chi connectivity index (χ0) is 25.9. The van der Waals surface area contributed by atoms with E-state index in [9.17, 15) is 24.2 Å². The van der Waals surface area contributed by atoms with Gasteiger partial charge in [0, 0.05) is 25.7 Å². The van der Waals surface area contributed by atoms with Crippen molar-refractivity contribution in [2.45, 2.75) is 78.3 Å². The van der Waals surface area contributed by atoms with Crippen LogP contribution < -0.4 is 0 Å². The zero-order valence-electron chi connectivity index (χ0n) is 20.8. The summed E-state index contributed by atoms with van der Waals surface area (Å²) in [5.74, 6) is -1.98. The maximum atomic E-state index is 14.5. The van der Waals surface area contributed by atoms with Gasteiger partial charge in [0.15, 0.2) is 11.5 Å². The molecule has 0 unspecified atom stereocenters. The number of carbonyl (C=O) groups is 2. The molecule has 3 rings (SSSR count). The summed E-state index contributed by atoms with van der Waals surface area (Å²) in [5.41, 5.74) is 0.422. The summed E-state index contributed by atoms with van der Waals surface area (Å²) in [4.78, 5) is 30.2. The third-order valence-electron chi connectivity index (χ3n) is 6.67. The molecule has 5 atom stereocenters. The molecule has 0 spiro atoms. The van der Waals surface area contributed by atoms with Gasteiger partial charge in [-0.05, 0) is 30.7 Å². The second kappa shape index (κ2) is 11.0. The number of benzene rings is 1. The predicted octanol–water partition coefficient (Wildman–Crippen LogP) is 4.12. The van der Waals surface area contributed by atoms with Gasteiger partial charge in [-0.25, -0.2) is 9.37 Å². The number of aliphatic hydroxyl groups is 2. The fraction of sp³-hybridized carbons (Fsp3) is 0.577. The first kappa shape index (κ1) is 27.0. The second-order valence-corrected chi connectivity index (χ2v) is 9.74. The Morgan fingerprint density at radius 2 is 1.89 bits per heavy atom. The van der Waals surface area contributed by atoms with Crippen molar-refractivity contribution >= 4 is 22.9 Å². The van der Waals surface area contributed by atoms with Crippen LogP contribution >= 0.6 is 0 Å². The highest BCUT2D eigenvalue weighted by atomic mass is 19.1. The largest absolute Gasteiger partial charge is 0.457 e. The van der Waals surface area contributed by atoms with Crippen molar-refractivity contribution in [1.82, 2.24) is 4.98 Å². The van der Waals surface area contributed by atoms with Gasteiger partial charge in [0.2, 0.25) is 0 Å². The minimum Gasteiger partial charge on any atom is -0.457 e. The van der Waals surface area contributed by atoms with E-state index in [2.05, 4.69) is 4.98 Å². The number of aryl methyl sites for hydroxylation is 1. The van der Waals surface area contributed by atoms with Crippen molar-refractivity contribution in [1.29, 1.82) is 0 Å². The van der Waals surface area contributed by atoms with E-state index >= 15 is 0 Å². The van der Waals surface area contributed by atoms with E-state index in [1.807, 2.05) is 0 Å². The number of rotatable bonds is 1. The van der Waals surface area contributed by atoms with Crippen LogP contribution in [0.2, 0.25) is 0 Å². The monoisotopic (exact) mass is 491 g/mol. The summed E-state index contributed by atoms with van der Waals surface area (Å²) in [6.45, 7) is 7.93. The Bertz CT molecular complexity index is 1090. The van der Waals surface area contributed by atoms with Gasteiger partial charge in [0.1, 0.15) is 17.4 Å². The number of ketones is 1. The highest BCUT2D eigenvalue weighted by molar-refractivity contribution is 5.88. The van der Waals surface area contributed by atoms with Crippen LogP contribution in [0, 0.1) is 18.3 Å². The molecule has 0 saturated carbocycles. The number of fused-ring (bicyclic) bond motifs is 1. The first-order valence-corrected chi connectivity index (χ1v) is 11.8. The Kier molecular flexibility index (Phi) is 8.46. The molecule has 0 amide bonds. The Hall–Kier alpha value is -2.62. The molecule has 8 nitrogen and oxygen atoms in total. The Labute approximate surface area is 204 Å². The van der Waals surface area contributed by atoms with Gasteiger partial charge in [-0.15, -0.1) is 0 Å². The molecule has 35 heavy (non-hydrogen) atoms. The van der Waals surface area contributed by atoms with E-state index in [-0.39, 0.29) is 19.4 Å². The molecule has 192 valence electrons. The smallest absolute Gasteiger partial charge is 0.309 e. The fourth-order valence-corrected chi connectivity index (χ4v) is 4.22.